The number of carbonyl (C=O) groups is 2. The molecule has 2 atom stereocenters. The molecule has 3 aromatic rings. The Morgan fingerprint density at radius 3 is 2.30 bits per heavy atom. The molecule has 0 aromatic heterocycles. The largest absolute Gasteiger partial charge is 0.497 e. The minimum Gasteiger partial charge on any atom is -0.497 e. The molecule has 46 heavy (non-hydrogen) atoms. The van der Waals surface area contributed by atoms with E-state index in [1.165, 1.54) is 0 Å². The van der Waals surface area contributed by atoms with Crippen LogP contribution in [-0.2, 0) is 25.6 Å². The van der Waals surface area contributed by atoms with Crippen molar-refractivity contribution in [2.24, 2.45) is 4.99 Å². The fourth-order valence-corrected chi connectivity index (χ4v) is 4.94. The van der Waals surface area contributed by atoms with Crippen molar-refractivity contribution in [3.05, 3.63) is 89.5 Å². The van der Waals surface area contributed by atoms with Crippen molar-refractivity contribution in [1.82, 2.24) is 10.9 Å². The molecule has 1 heterocycles. The zero-order valence-corrected chi connectivity index (χ0v) is 27.0. The molecule has 0 spiro atoms. The standard InChI is InChI=1S/C35H43N3O8/c1-34(2,3)46-30(40)18-19-35(33(41)38-36-23-24-10-14-27(42-4)15-11-24)31(26-8-6-9-29(22-26)43-5)45-32(37-35)25-12-16-28(17-13-25)44-21-7-20-39/h6,8-17,22,31,36,39H,7,18-21,23H2,1-5H3,(H,38,41)/t31-,35-/m0/s1. The number of nitrogens with zero attached hydrogens (tertiary/aromatic N) is 1. The highest BCUT2D eigenvalue weighted by atomic mass is 16.6. The van der Waals surface area contributed by atoms with Gasteiger partial charge in [0.05, 0.1) is 20.8 Å². The molecule has 0 bridgehead atoms. The zero-order chi connectivity index (χ0) is 33.2. The van der Waals surface area contributed by atoms with Crippen LogP contribution in [0.25, 0.3) is 0 Å². The Balaban J connectivity index is 1.68. The summed E-state index contributed by atoms with van der Waals surface area (Å²) in [5.74, 6) is 1.24. The maximum absolute atomic E-state index is 14.3. The molecule has 246 valence electrons. The number of hydrogen-bond donors (Lipinski definition) is 3. The lowest BCUT2D eigenvalue weighted by Crippen LogP contribution is -2.52. The van der Waals surface area contributed by atoms with Crippen LogP contribution in [0.4, 0.5) is 0 Å². The predicted octanol–water partition coefficient (Wildman–Crippen LogP) is 4.66. The van der Waals surface area contributed by atoms with Gasteiger partial charge in [-0.1, -0.05) is 24.3 Å². The van der Waals surface area contributed by atoms with E-state index >= 15 is 0 Å². The van der Waals surface area contributed by atoms with E-state index in [9.17, 15) is 9.59 Å². The van der Waals surface area contributed by atoms with E-state index in [1.807, 2.05) is 36.4 Å². The maximum Gasteiger partial charge on any atom is 0.306 e. The lowest BCUT2D eigenvalue weighted by Gasteiger charge is -2.31. The molecule has 0 saturated heterocycles. The number of methoxy groups -OCH3 is 2. The molecule has 0 saturated carbocycles. The summed E-state index contributed by atoms with van der Waals surface area (Å²) in [6.07, 6.45) is -0.461. The molecular weight excluding hydrogens is 590 g/mol. The average Bonchev–Trinajstić information content (AvgIpc) is 3.45. The molecule has 1 aliphatic heterocycles. The third-order valence-corrected chi connectivity index (χ3v) is 7.21. The van der Waals surface area contributed by atoms with Crippen LogP contribution in [-0.4, -0.2) is 61.5 Å². The summed E-state index contributed by atoms with van der Waals surface area (Å²) < 4.78 is 28.5. The molecule has 3 aromatic carbocycles. The second-order valence-electron chi connectivity index (χ2n) is 11.8. The Morgan fingerprint density at radius 1 is 0.957 bits per heavy atom. The minimum absolute atomic E-state index is 0.00565. The van der Waals surface area contributed by atoms with Crippen molar-refractivity contribution in [2.75, 3.05) is 27.4 Å². The van der Waals surface area contributed by atoms with Crippen LogP contribution in [0.3, 0.4) is 0 Å². The fraction of sp³-hybridized carbons (Fsp3) is 0.400. The van der Waals surface area contributed by atoms with Gasteiger partial charge in [0.15, 0.2) is 11.6 Å². The van der Waals surface area contributed by atoms with Crippen LogP contribution in [0.15, 0.2) is 77.8 Å². The van der Waals surface area contributed by atoms with Crippen molar-refractivity contribution in [2.45, 2.75) is 63.8 Å². The molecule has 0 aliphatic carbocycles. The number of esters is 1. The minimum atomic E-state index is -1.55. The molecule has 0 unspecified atom stereocenters. The number of benzene rings is 3. The lowest BCUT2D eigenvalue weighted by atomic mass is 9.83. The number of aliphatic hydroxyl groups excluding tert-OH is 1. The SMILES string of the molecule is COc1ccc(CNNC(=O)[C@@]2(CCC(=O)OC(C)(C)C)N=C(c3ccc(OCCCO)cc3)O[C@H]2c2cccc(OC)c2)cc1. The number of ether oxygens (including phenoxy) is 5. The summed E-state index contributed by atoms with van der Waals surface area (Å²) in [5.41, 5.74) is 5.77. The molecule has 1 aliphatic rings. The number of amides is 1. The van der Waals surface area contributed by atoms with Gasteiger partial charge in [0.2, 0.25) is 5.90 Å². The van der Waals surface area contributed by atoms with Gasteiger partial charge in [-0.3, -0.25) is 15.0 Å². The van der Waals surface area contributed by atoms with E-state index in [-0.39, 0.29) is 25.3 Å². The Morgan fingerprint density at radius 2 is 1.65 bits per heavy atom. The first-order valence-corrected chi connectivity index (χ1v) is 15.2. The molecule has 4 rings (SSSR count). The number of rotatable bonds is 15. The molecular formula is C35H43N3O8. The second-order valence-corrected chi connectivity index (χ2v) is 11.8. The van der Waals surface area contributed by atoms with Gasteiger partial charge in [0, 0.05) is 31.6 Å². The van der Waals surface area contributed by atoms with Crippen LogP contribution in [0, 0.1) is 0 Å². The van der Waals surface area contributed by atoms with Crippen LogP contribution in [0.2, 0.25) is 0 Å². The van der Waals surface area contributed by atoms with Gasteiger partial charge in [0.1, 0.15) is 22.8 Å². The van der Waals surface area contributed by atoms with E-state index in [0.717, 1.165) is 11.3 Å². The van der Waals surface area contributed by atoms with Gasteiger partial charge in [-0.15, -0.1) is 0 Å². The topological polar surface area (TPSA) is 137 Å². The summed E-state index contributed by atoms with van der Waals surface area (Å²) in [7, 11) is 3.16. The van der Waals surface area contributed by atoms with Crippen LogP contribution in [0.5, 0.6) is 17.2 Å². The Bertz CT molecular complexity index is 1480. The monoisotopic (exact) mass is 633 g/mol. The number of nitrogens with one attached hydrogen (secondary N) is 2. The van der Waals surface area contributed by atoms with Crippen LogP contribution < -0.4 is 25.1 Å². The molecule has 11 nitrogen and oxygen atoms in total. The summed E-state index contributed by atoms with van der Waals surface area (Å²) in [4.78, 5) is 32.1. The highest BCUT2D eigenvalue weighted by molar-refractivity contribution is 6.01. The van der Waals surface area contributed by atoms with Crippen LogP contribution in [0.1, 0.15) is 62.8 Å². The Hall–Kier alpha value is -4.61. The molecule has 0 fully saturated rings. The average molecular weight is 634 g/mol. The summed E-state index contributed by atoms with van der Waals surface area (Å²) in [5, 5.41) is 9.05. The van der Waals surface area contributed by atoms with E-state index in [0.29, 0.717) is 42.2 Å². The van der Waals surface area contributed by atoms with E-state index in [2.05, 4.69) is 10.9 Å². The first-order chi connectivity index (χ1) is 22.1. The normalized spacial score (nSPS) is 17.4. The Labute approximate surface area is 269 Å². The zero-order valence-electron chi connectivity index (χ0n) is 27.0. The number of aliphatic hydroxyl groups is 1. The van der Waals surface area contributed by atoms with Gasteiger partial charge in [-0.05, 0) is 86.8 Å². The lowest BCUT2D eigenvalue weighted by molar-refractivity contribution is -0.155. The number of aliphatic imine (C=N–C) groups is 1. The van der Waals surface area contributed by atoms with Gasteiger partial charge in [-0.2, -0.15) is 0 Å². The summed E-state index contributed by atoms with van der Waals surface area (Å²) in [6, 6.07) is 21.8. The Kier molecular flexibility index (Phi) is 11.6. The van der Waals surface area contributed by atoms with Crippen molar-refractivity contribution in [3.63, 3.8) is 0 Å². The molecule has 11 heteroatoms. The predicted molar refractivity (Wildman–Crippen MR) is 173 cm³/mol. The van der Waals surface area contributed by atoms with Crippen molar-refractivity contribution in [3.8, 4) is 17.2 Å². The van der Waals surface area contributed by atoms with E-state index in [1.54, 1.807) is 71.4 Å². The van der Waals surface area contributed by atoms with Crippen molar-refractivity contribution >= 4 is 17.8 Å². The first-order valence-electron chi connectivity index (χ1n) is 15.2. The third-order valence-electron chi connectivity index (χ3n) is 7.21. The number of carbonyl (C=O) groups excluding carboxylic acids is 2. The van der Waals surface area contributed by atoms with Crippen LogP contribution >= 0.6 is 0 Å². The van der Waals surface area contributed by atoms with Gasteiger partial charge >= 0.3 is 5.97 Å². The molecule has 0 radical (unpaired) electrons. The molecule has 1 amide bonds. The van der Waals surface area contributed by atoms with Crippen molar-refractivity contribution < 1.29 is 38.4 Å². The van der Waals surface area contributed by atoms with Crippen molar-refractivity contribution in [1.29, 1.82) is 0 Å². The summed E-state index contributed by atoms with van der Waals surface area (Å²) in [6.45, 7) is 6.13. The van der Waals surface area contributed by atoms with Gasteiger partial charge < -0.3 is 28.8 Å². The van der Waals surface area contributed by atoms with Gasteiger partial charge in [0.25, 0.3) is 5.91 Å². The van der Waals surface area contributed by atoms with Gasteiger partial charge in [-0.25, -0.2) is 10.4 Å². The molecule has 3 N–H and O–H groups in total. The van der Waals surface area contributed by atoms with E-state index < -0.39 is 29.1 Å². The summed E-state index contributed by atoms with van der Waals surface area (Å²) >= 11 is 0. The van der Waals surface area contributed by atoms with E-state index in [4.69, 9.17) is 33.8 Å². The smallest absolute Gasteiger partial charge is 0.306 e. The highest BCUT2D eigenvalue weighted by Gasteiger charge is 2.53. The second kappa shape index (κ2) is 15.6. The number of hydrogen-bond acceptors (Lipinski definition) is 10. The number of hydrazine groups is 1. The first kappa shape index (κ1) is 34.3. The third kappa shape index (κ3) is 8.98. The fourth-order valence-electron chi connectivity index (χ4n) is 4.94. The quantitative estimate of drug-likeness (QED) is 0.124. The highest BCUT2D eigenvalue weighted by Crippen LogP contribution is 2.44. The maximum atomic E-state index is 14.3.